The molecule has 4 rings (SSSR count). The molecule has 4 aromatic rings. The number of halogens is 1. The third-order valence-electron chi connectivity index (χ3n) is 4.10. The summed E-state index contributed by atoms with van der Waals surface area (Å²) in [7, 11) is 0. The fraction of sp³-hybridized carbons (Fsp3) is 0.0455. The summed E-state index contributed by atoms with van der Waals surface area (Å²) in [6.07, 6.45) is 0. The number of benzene rings is 3. The van der Waals surface area contributed by atoms with Gasteiger partial charge in [0.05, 0.1) is 5.69 Å². The van der Waals surface area contributed by atoms with E-state index >= 15 is 0 Å². The van der Waals surface area contributed by atoms with Crippen LogP contribution in [0.1, 0.15) is 5.56 Å². The zero-order valence-corrected chi connectivity index (χ0v) is 14.5. The molecule has 0 aliphatic rings. The first-order valence-corrected chi connectivity index (χ1v) is 8.62. The van der Waals surface area contributed by atoms with Crippen LogP contribution in [0.3, 0.4) is 0 Å². The van der Waals surface area contributed by atoms with E-state index in [-0.39, 0.29) is 5.75 Å². The van der Waals surface area contributed by atoms with E-state index in [1.807, 2.05) is 66.7 Å². The molecule has 5 heteroatoms. The second kappa shape index (κ2) is 7.74. The van der Waals surface area contributed by atoms with Crippen LogP contribution in [0.25, 0.3) is 11.3 Å². The SMILES string of the molecule is Fc1ccc(Nc2cc(-c3ccccc3)[nH]n2)cc1OCc1ccccc1. The Hall–Kier alpha value is -3.60. The molecular formula is C22H18FN3O. The Morgan fingerprint density at radius 3 is 2.41 bits per heavy atom. The second-order valence-electron chi connectivity index (χ2n) is 6.08. The maximum Gasteiger partial charge on any atom is 0.165 e. The molecule has 1 heterocycles. The minimum atomic E-state index is -0.400. The van der Waals surface area contributed by atoms with Gasteiger partial charge in [0.2, 0.25) is 0 Å². The van der Waals surface area contributed by atoms with Crippen molar-refractivity contribution in [1.29, 1.82) is 0 Å². The summed E-state index contributed by atoms with van der Waals surface area (Å²) in [5.41, 5.74) is 3.63. The standard InChI is InChI=1S/C22H18FN3O/c23-19-12-11-18(13-21(19)27-15-16-7-3-1-4-8-16)24-22-14-20(25-26-22)17-9-5-2-6-10-17/h1-14H,15H2,(H2,24,25,26). The van der Waals surface area contributed by atoms with Crippen molar-refractivity contribution >= 4 is 11.5 Å². The smallest absolute Gasteiger partial charge is 0.165 e. The van der Waals surface area contributed by atoms with E-state index in [4.69, 9.17) is 4.74 Å². The lowest BCUT2D eigenvalue weighted by atomic mass is 10.1. The second-order valence-corrected chi connectivity index (χ2v) is 6.08. The highest BCUT2D eigenvalue weighted by Crippen LogP contribution is 2.26. The molecule has 0 saturated carbocycles. The Morgan fingerprint density at radius 1 is 0.889 bits per heavy atom. The molecule has 0 bridgehead atoms. The maximum absolute atomic E-state index is 14.1. The number of hydrogen-bond donors (Lipinski definition) is 2. The van der Waals surface area contributed by atoms with Crippen LogP contribution in [0, 0.1) is 5.82 Å². The molecule has 4 nitrogen and oxygen atoms in total. The summed E-state index contributed by atoms with van der Waals surface area (Å²) in [6.45, 7) is 0.307. The van der Waals surface area contributed by atoms with Crippen molar-refractivity contribution in [2.45, 2.75) is 6.61 Å². The number of H-pyrrole nitrogens is 1. The van der Waals surface area contributed by atoms with Crippen LogP contribution < -0.4 is 10.1 Å². The zero-order valence-electron chi connectivity index (χ0n) is 14.5. The van der Waals surface area contributed by atoms with E-state index in [0.29, 0.717) is 18.1 Å². The van der Waals surface area contributed by atoms with Crippen LogP contribution in [0.2, 0.25) is 0 Å². The first-order chi connectivity index (χ1) is 13.3. The lowest BCUT2D eigenvalue weighted by molar-refractivity contribution is 0.290. The molecule has 0 aliphatic heterocycles. The van der Waals surface area contributed by atoms with E-state index in [0.717, 1.165) is 16.8 Å². The molecule has 0 spiro atoms. The third kappa shape index (κ3) is 4.15. The largest absolute Gasteiger partial charge is 0.486 e. The zero-order chi connectivity index (χ0) is 18.5. The van der Waals surface area contributed by atoms with Crippen molar-refractivity contribution in [3.05, 3.63) is 96.3 Å². The van der Waals surface area contributed by atoms with E-state index in [9.17, 15) is 4.39 Å². The number of nitrogens with zero attached hydrogens (tertiary/aromatic N) is 1. The van der Waals surface area contributed by atoms with Gasteiger partial charge in [0.25, 0.3) is 0 Å². The highest BCUT2D eigenvalue weighted by atomic mass is 19.1. The molecule has 0 atom stereocenters. The van der Waals surface area contributed by atoms with Crippen LogP contribution in [-0.2, 0) is 6.61 Å². The van der Waals surface area contributed by atoms with Crippen molar-refractivity contribution in [2.75, 3.05) is 5.32 Å². The van der Waals surface area contributed by atoms with Gasteiger partial charge < -0.3 is 10.1 Å². The maximum atomic E-state index is 14.1. The summed E-state index contributed by atoms with van der Waals surface area (Å²) in [5.74, 6) is 0.445. The Bertz CT molecular complexity index is 1020. The van der Waals surface area contributed by atoms with Gasteiger partial charge in [-0.3, -0.25) is 5.10 Å². The van der Waals surface area contributed by atoms with Crippen molar-refractivity contribution in [1.82, 2.24) is 10.2 Å². The number of anilines is 2. The van der Waals surface area contributed by atoms with Crippen molar-refractivity contribution in [3.8, 4) is 17.0 Å². The molecule has 0 saturated heterocycles. The summed E-state index contributed by atoms with van der Waals surface area (Å²) >= 11 is 0. The average Bonchev–Trinajstić information content (AvgIpc) is 3.18. The predicted octanol–water partition coefficient (Wildman–Crippen LogP) is 5.54. The number of aromatic nitrogens is 2. The molecule has 0 aliphatic carbocycles. The Morgan fingerprint density at radius 2 is 1.63 bits per heavy atom. The van der Waals surface area contributed by atoms with Crippen LogP contribution in [-0.4, -0.2) is 10.2 Å². The quantitative estimate of drug-likeness (QED) is 0.475. The van der Waals surface area contributed by atoms with Gasteiger partial charge in [-0.1, -0.05) is 60.7 Å². The van der Waals surface area contributed by atoms with Crippen molar-refractivity contribution in [3.63, 3.8) is 0 Å². The first-order valence-electron chi connectivity index (χ1n) is 8.62. The van der Waals surface area contributed by atoms with Crippen LogP contribution in [0.4, 0.5) is 15.9 Å². The molecule has 2 N–H and O–H groups in total. The van der Waals surface area contributed by atoms with Gasteiger partial charge in [0, 0.05) is 17.8 Å². The van der Waals surface area contributed by atoms with Gasteiger partial charge in [-0.05, 0) is 23.3 Å². The summed E-state index contributed by atoms with van der Waals surface area (Å²) in [6, 6.07) is 26.2. The fourth-order valence-corrected chi connectivity index (χ4v) is 2.73. The van der Waals surface area contributed by atoms with Crippen molar-refractivity contribution in [2.24, 2.45) is 0 Å². The number of aromatic amines is 1. The summed E-state index contributed by atoms with van der Waals surface area (Å²) in [5, 5.41) is 10.4. The number of rotatable bonds is 6. The van der Waals surface area contributed by atoms with Gasteiger partial charge >= 0.3 is 0 Å². The molecule has 0 radical (unpaired) electrons. The van der Waals surface area contributed by atoms with Gasteiger partial charge in [-0.2, -0.15) is 5.10 Å². The van der Waals surface area contributed by atoms with Gasteiger partial charge in [0.15, 0.2) is 17.4 Å². The molecule has 0 unspecified atom stereocenters. The molecule has 27 heavy (non-hydrogen) atoms. The van der Waals surface area contributed by atoms with E-state index in [2.05, 4.69) is 15.5 Å². The Labute approximate surface area is 156 Å². The molecule has 3 aromatic carbocycles. The predicted molar refractivity (Wildman–Crippen MR) is 104 cm³/mol. The Balaban J connectivity index is 1.47. The van der Waals surface area contributed by atoms with E-state index in [1.54, 1.807) is 12.1 Å². The van der Waals surface area contributed by atoms with Crippen LogP contribution >= 0.6 is 0 Å². The average molecular weight is 359 g/mol. The van der Waals surface area contributed by atoms with Crippen molar-refractivity contribution < 1.29 is 9.13 Å². The van der Waals surface area contributed by atoms with Gasteiger partial charge in [-0.25, -0.2) is 4.39 Å². The summed E-state index contributed by atoms with van der Waals surface area (Å²) < 4.78 is 19.7. The third-order valence-corrected chi connectivity index (χ3v) is 4.10. The lowest BCUT2D eigenvalue weighted by Gasteiger charge is -2.10. The van der Waals surface area contributed by atoms with Gasteiger partial charge in [-0.15, -0.1) is 0 Å². The molecule has 0 amide bonds. The van der Waals surface area contributed by atoms with Crippen LogP contribution in [0.5, 0.6) is 5.75 Å². The number of ether oxygens (including phenoxy) is 1. The van der Waals surface area contributed by atoms with E-state index < -0.39 is 5.82 Å². The normalized spacial score (nSPS) is 10.6. The summed E-state index contributed by atoms with van der Waals surface area (Å²) in [4.78, 5) is 0. The molecule has 134 valence electrons. The van der Waals surface area contributed by atoms with Crippen LogP contribution in [0.15, 0.2) is 84.9 Å². The minimum Gasteiger partial charge on any atom is -0.486 e. The monoisotopic (exact) mass is 359 g/mol. The minimum absolute atomic E-state index is 0.197. The topological polar surface area (TPSA) is 49.9 Å². The van der Waals surface area contributed by atoms with E-state index in [1.165, 1.54) is 6.07 Å². The first kappa shape index (κ1) is 16.8. The lowest BCUT2D eigenvalue weighted by Crippen LogP contribution is -1.98. The number of nitrogens with one attached hydrogen (secondary N) is 2. The Kier molecular flexibility index (Phi) is 4.83. The molecule has 0 fully saturated rings. The van der Waals surface area contributed by atoms with Gasteiger partial charge in [0.1, 0.15) is 6.61 Å². The molecule has 1 aromatic heterocycles. The fourth-order valence-electron chi connectivity index (χ4n) is 2.73. The molecular weight excluding hydrogens is 341 g/mol. The highest BCUT2D eigenvalue weighted by molar-refractivity contribution is 5.66. The number of hydrogen-bond acceptors (Lipinski definition) is 3. The highest BCUT2D eigenvalue weighted by Gasteiger charge is 2.08.